The molecule has 0 N–H and O–H groups in total. The van der Waals surface area contributed by atoms with Crippen LogP contribution in [0, 0.1) is 18.8 Å². The molecule has 0 bridgehead atoms. The van der Waals surface area contributed by atoms with Gasteiger partial charge in [-0.3, -0.25) is 0 Å². The van der Waals surface area contributed by atoms with E-state index in [0.717, 1.165) is 48.3 Å². The van der Waals surface area contributed by atoms with Gasteiger partial charge >= 0.3 is 403 Å². The molecular weight excluding hydrogens is 1370 g/mol. The number of benzene rings is 10. The Morgan fingerprint density at radius 1 is 0.387 bits per heavy atom. The smallest absolute Gasteiger partial charge is 0.0654 e. The van der Waals surface area contributed by atoms with Crippen molar-refractivity contribution in [1.82, 2.24) is 13.3 Å². The van der Waals surface area contributed by atoms with Crippen molar-refractivity contribution in [1.29, 1.82) is 0 Å². The Hall–Kier alpha value is -7.08. The Bertz CT molecular complexity index is 4870. The molecule has 0 fully saturated rings. The molecule has 1 aliphatic rings. The van der Waals surface area contributed by atoms with Gasteiger partial charge in [-0.1, -0.05) is 181 Å². The van der Waals surface area contributed by atoms with Crippen molar-refractivity contribution in [3.63, 3.8) is 0 Å². The van der Waals surface area contributed by atoms with E-state index in [-0.39, 0.29) is 14.5 Å². The molecule has 2 unspecified atom stereocenters. The third-order valence-corrected chi connectivity index (χ3v) is 27.7. The summed E-state index contributed by atoms with van der Waals surface area (Å²) in [5.74, 6) is 2.11. The van der Waals surface area contributed by atoms with Crippen LogP contribution in [-0.2, 0) is 24.8 Å². The summed E-state index contributed by atoms with van der Waals surface area (Å²) >= 11 is 1.36. The molecule has 0 spiro atoms. The zero-order chi connectivity index (χ0) is 72.8. The summed E-state index contributed by atoms with van der Waals surface area (Å²) in [6, 6.07) is 64.2. The number of unbranched alkanes of at least 4 members (excludes halogenated alkanes) is 22. The summed E-state index contributed by atoms with van der Waals surface area (Å²) in [5, 5.41) is 11.3. The number of hydrogen-bond acceptors (Lipinski definition) is 4. The van der Waals surface area contributed by atoms with Gasteiger partial charge < -0.3 is 4.74 Å². The molecule has 106 heavy (non-hydrogen) atoms. The molecule has 13 aromatic rings. The number of rotatable bonds is 44. The van der Waals surface area contributed by atoms with Crippen molar-refractivity contribution in [2.75, 3.05) is 6.61 Å². The van der Waals surface area contributed by atoms with Crippen molar-refractivity contribution >= 4 is 91.4 Å². The van der Waals surface area contributed by atoms with Gasteiger partial charge in [0.05, 0.1) is 6.61 Å². The molecule has 3 heterocycles. The molecule has 2 atom stereocenters. The van der Waals surface area contributed by atoms with Crippen LogP contribution in [0.25, 0.3) is 107 Å². The normalized spacial score (nSPS) is 13.5. The predicted molar refractivity (Wildman–Crippen MR) is 462 cm³/mol. The summed E-state index contributed by atoms with van der Waals surface area (Å²) < 4.78 is 23.2. The minimum absolute atomic E-state index is 0.0185. The second kappa shape index (κ2) is 36.4. The zero-order valence-corrected chi connectivity index (χ0v) is 68.2. The average Bonchev–Trinajstić information content (AvgIpc) is 1.09. The minimum atomic E-state index is -0.658. The fraction of sp³-hybridized carbons (Fsp3) is 0.460. The van der Waals surface area contributed by atoms with Gasteiger partial charge in [-0.25, -0.2) is 0 Å². The van der Waals surface area contributed by atoms with Crippen LogP contribution >= 0.6 is 11.7 Å². The molecule has 0 amide bonds. The topological polar surface area (TPSA) is 39.9 Å². The molecule has 554 valence electrons. The summed E-state index contributed by atoms with van der Waals surface area (Å²) in [4.78, 5) is 0. The van der Waals surface area contributed by atoms with E-state index in [2.05, 4.69) is 211 Å². The van der Waals surface area contributed by atoms with Crippen LogP contribution in [-0.4, -0.2) is 34.4 Å². The van der Waals surface area contributed by atoms with Crippen LogP contribution in [0.3, 0.4) is 0 Å². The van der Waals surface area contributed by atoms with Crippen molar-refractivity contribution < 1.29 is 4.74 Å². The molecule has 0 saturated heterocycles. The molecule has 10 aromatic carbocycles. The van der Waals surface area contributed by atoms with Gasteiger partial charge in [-0.05, 0) is 55.6 Å². The molecule has 0 aliphatic heterocycles. The van der Waals surface area contributed by atoms with Crippen molar-refractivity contribution in [3.05, 3.63) is 197 Å². The first-order valence-corrected chi connectivity index (χ1v) is 45.2. The summed E-state index contributed by atoms with van der Waals surface area (Å²) in [7, 11) is 0. The number of ether oxygens (including phenoxy) is 1. The van der Waals surface area contributed by atoms with Crippen molar-refractivity contribution in [2.45, 2.75) is 279 Å². The number of nitrogens with zero attached hydrogens (tertiary/aromatic N) is 3. The van der Waals surface area contributed by atoms with E-state index in [4.69, 9.17) is 13.5 Å². The zero-order valence-electron chi connectivity index (χ0n) is 65.7. The van der Waals surface area contributed by atoms with Gasteiger partial charge in [-0.2, -0.15) is 0 Å². The van der Waals surface area contributed by atoms with E-state index in [0.29, 0.717) is 11.8 Å². The standard InChI is InChI=1S/C100H121N3OSSe/c1-8-14-20-26-28-34-40-73(39-32-24-18-12-5)68-103-89-66-85(92-64-63-91(106-92)84-60-59-79(98-99(84)102-105-101-98)75-51-45-70(7)46-52-75)82-44-36-43-81-83-61-62-87-94-86(67-90(103)97(95(83)94)96(89)93(81)82)80-58-57-78(104-69-74(41-33-25-19-13-6)42-35-29-27-21-15-9-2)65-88(80)100(87,76-53-47-71(48-54-76)37-30-22-16-10-3)77-55-49-72(50-56-77)38-31-23-17-11-4/h36,43-67,73-74H,8-35,37-42,68-69H2,1-7H3. The van der Waals surface area contributed by atoms with Crippen LogP contribution in [0.4, 0.5) is 0 Å². The Labute approximate surface area is 646 Å². The van der Waals surface area contributed by atoms with Gasteiger partial charge in [0.2, 0.25) is 0 Å². The van der Waals surface area contributed by atoms with Crippen molar-refractivity contribution in [2.24, 2.45) is 11.8 Å². The van der Waals surface area contributed by atoms with Gasteiger partial charge in [-0.15, -0.1) is 0 Å². The molecule has 1 aliphatic carbocycles. The first kappa shape index (κ1) is 75.7. The minimum Gasteiger partial charge on any atom is -0.0654 e. The Kier molecular flexibility index (Phi) is 26.0. The first-order chi connectivity index (χ1) is 52.3. The van der Waals surface area contributed by atoms with Gasteiger partial charge in [0.1, 0.15) is 0 Å². The second-order valence-corrected chi connectivity index (χ2v) is 35.2. The molecule has 4 nitrogen and oxygen atoms in total. The van der Waals surface area contributed by atoms with E-state index in [1.807, 2.05) is 0 Å². The fourth-order valence-electron chi connectivity index (χ4n) is 18.8. The number of fused-ring (bicyclic) bond motifs is 4. The number of aromatic nitrogens is 3. The Morgan fingerprint density at radius 3 is 1.46 bits per heavy atom. The van der Waals surface area contributed by atoms with Gasteiger partial charge in [0, 0.05) is 0 Å². The Balaban J connectivity index is 0.992. The quantitative estimate of drug-likeness (QED) is 0.0165. The SMILES string of the molecule is CCCCCCCCC(CCCCCC)COc1ccc2c(c1)C(c1ccc(CCCCCC)cc1)(c1ccc(CCCCCC)cc1)c1ccc3c4cccc5c(-c6ccc(-c7ccc(-c8ccc(C)cc8)c8nsnc78)[se]6)cc6c(c54)c4c3c1c-2cc4n6CC(CCCCCC)CCCCCCCC. The predicted octanol–water partition coefficient (Wildman–Crippen LogP) is 30.2. The number of hydrogen-bond donors (Lipinski definition) is 0. The summed E-state index contributed by atoms with van der Waals surface area (Å²) in [6.07, 6.45) is 43.6. The molecule has 0 radical (unpaired) electrons. The van der Waals surface area contributed by atoms with Gasteiger partial charge in [0.15, 0.2) is 0 Å². The van der Waals surface area contributed by atoms with Crippen LogP contribution in [0.15, 0.2) is 158 Å². The first-order valence-electron chi connectivity index (χ1n) is 42.7. The summed E-state index contributed by atoms with van der Waals surface area (Å²) in [6.45, 7) is 18.0. The number of aryl methyl sites for hydroxylation is 3. The van der Waals surface area contributed by atoms with Gasteiger partial charge in [0.25, 0.3) is 0 Å². The van der Waals surface area contributed by atoms with Crippen LogP contribution < -0.4 is 4.74 Å². The van der Waals surface area contributed by atoms with E-state index < -0.39 is 5.41 Å². The average molecular weight is 1490 g/mol. The third kappa shape index (κ3) is 16.0. The maximum atomic E-state index is 7.43. The van der Waals surface area contributed by atoms with E-state index in [1.54, 1.807) is 0 Å². The molecule has 0 saturated carbocycles. The second-order valence-electron chi connectivity index (χ2n) is 32.4. The monoisotopic (exact) mass is 1490 g/mol. The molecule has 3 aromatic heterocycles. The fourth-order valence-corrected chi connectivity index (χ4v) is 21.6. The molecule has 14 rings (SSSR count). The van der Waals surface area contributed by atoms with E-state index >= 15 is 0 Å². The maximum absolute atomic E-state index is 7.43. The third-order valence-electron chi connectivity index (χ3n) is 24.7. The summed E-state index contributed by atoms with van der Waals surface area (Å²) in [5.41, 5.74) is 21.4. The van der Waals surface area contributed by atoms with Crippen molar-refractivity contribution in [3.8, 4) is 48.0 Å². The van der Waals surface area contributed by atoms with Crippen LogP contribution in [0.2, 0.25) is 0 Å². The molecule has 6 heteroatoms. The molecular formula is C100H121N3OSSe. The van der Waals surface area contributed by atoms with Crippen LogP contribution in [0.5, 0.6) is 5.75 Å². The van der Waals surface area contributed by atoms with E-state index in [1.165, 1.54) is 347 Å². The van der Waals surface area contributed by atoms with Crippen LogP contribution in [0.1, 0.15) is 286 Å². The van der Waals surface area contributed by atoms with E-state index in [9.17, 15) is 0 Å². The Morgan fingerprint density at radius 2 is 0.868 bits per heavy atom.